The Morgan fingerprint density at radius 2 is 2.00 bits per heavy atom. The third kappa shape index (κ3) is 5.64. The number of nitro groups is 1. The van der Waals surface area contributed by atoms with Crippen LogP contribution in [0.15, 0.2) is 47.4 Å². The Labute approximate surface area is 160 Å². The van der Waals surface area contributed by atoms with Crippen molar-refractivity contribution in [3.05, 3.63) is 63.2 Å². The molecule has 0 radical (unpaired) electrons. The zero-order valence-electron chi connectivity index (χ0n) is 14.1. The number of anilines is 1. The molecule has 2 aromatic rings. The number of esters is 1. The van der Waals surface area contributed by atoms with Crippen LogP contribution in [0.4, 0.5) is 11.4 Å². The number of sulfonamides is 1. The number of hydrogen-bond acceptors (Lipinski definition) is 7. The van der Waals surface area contributed by atoms with Crippen LogP contribution in [0.2, 0.25) is 5.02 Å². The molecule has 0 aliphatic heterocycles. The number of rotatable bonds is 8. The molecule has 0 aliphatic rings. The van der Waals surface area contributed by atoms with Crippen LogP contribution in [0.1, 0.15) is 5.56 Å². The van der Waals surface area contributed by atoms with Crippen molar-refractivity contribution in [2.24, 2.45) is 0 Å². The van der Waals surface area contributed by atoms with Gasteiger partial charge in [0.2, 0.25) is 10.0 Å². The van der Waals surface area contributed by atoms with Gasteiger partial charge in [-0.1, -0.05) is 23.7 Å². The molecular formula is C16H16ClN3O6S. The summed E-state index contributed by atoms with van der Waals surface area (Å²) < 4.78 is 30.7. The molecule has 0 unspecified atom stereocenters. The predicted octanol–water partition coefficient (Wildman–Crippen LogP) is 2.31. The molecule has 0 bridgehead atoms. The first-order valence-electron chi connectivity index (χ1n) is 7.59. The molecule has 2 rings (SSSR count). The summed E-state index contributed by atoms with van der Waals surface area (Å²) in [5.74, 6) is -0.642. The molecule has 2 N–H and O–H groups in total. The van der Waals surface area contributed by atoms with Gasteiger partial charge in [-0.2, -0.15) is 0 Å². The monoisotopic (exact) mass is 413 g/mol. The second-order valence-electron chi connectivity index (χ2n) is 5.29. The lowest BCUT2D eigenvalue weighted by atomic mass is 10.2. The van der Waals surface area contributed by atoms with E-state index in [-0.39, 0.29) is 23.7 Å². The SMILES string of the molecule is CNS(=O)(=O)c1ccc(NCC(=O)OCc2cccc(Cl)c2)c([N+](=O)[O-])c1. The van der Waals surface area contributed by atoms with Crippen molar-refractivity contribution in [2.45, 2.75) is 11.5 Å². The molecule has 0 saturated heterocycles. The molecule has 27 heavy (non-hydrogen) atoms. The van der Waals surface area contributed by atoms with Gasteiger partial charge < -0.3 is 10.1 Å². The Kier molecular flexibility index (Phi) is 6.72. The van der Waals surface area contributed by atoms with E-state index in [4.69, 9.17) is 16.3 Å². The minimum absolute atomic E-state index is 0.00250. The van der Waals surface area contributed by atoms with Gasteiger partial charge in [0, 0.05) is 11.1 Å². The maximum absolute atomic E-state index is 11.8. The number of carbonyl (C=O) groups is 1. The molecule has 0 saturated carbocycles. The second-order valence-corrected chi connectivity index (χ2v) is 7.61. The molecular weight excluding hydrogens is 398 g/mol. The first kappa shape index (κ1) is 20.6. The first-order chi connectivity index (χ1) is 12.7. The average molecular weight is 414 g/mol. The van der Waals surface area contributed by atoms with E-state index in [1.54, 1.807) is 24.3 Å². The third-order valence-corrected chi connectivity index (χ3v) is 5.10. The summed E-state index contributed by atoms with van der Waals surface area (Å²) in [6.45, 7) is -0.331. The highest BCUT2D eigenvalue weighted by Crippen LogP contribution is 2.27. The molecule has 9 nitrogen and oxygen atoms in total. The fourth-order valence-electron chi connectivity index (χ4n) is 2.11. The summed E-state index contributed by atoms with van der Waals surface area (Å²) in [7, 11) is -2.63. The van der Waals surface area contributed by atoms with Crippen LogP contribution in [0, 0.1) is 10.1 Å². The Hall–Kier alpha value is -2.69. The predicted molar refractivity (Wildman–Crippen MR) is 99.1 cm³/mol. The number of benzene rings is 2. The molecule has 0 aromatic heterocycles. The maximum atomic E-state index is 11.8. The highest BCUT2D eigenvalue weighted by Gasteiger charge is 2.20. The molecule has 0 heterocycles. The average Bonchev–Trinajstić information content (AvgIpc) is 2.64. The molecule has 0 spiro atoms. The number of ether oxygens (including phenoxy) is 1. The van der Waals surface area contributed by atoms with Crippen molar-refractivity contribution in [2.75, 3.05) is 18.9 Å². The van der Waals surface area contributed by atoms with E-state index < -0.39 is 26.6 Å². The summed E-state index contributed by atoms with van der Waals surface area (Å²) in [6.07, 6.45) is 0. The lowest BCUT2D eigenvalue weighted by Crippen LogP contribution is -2.20. The largest absolute Gasteiger partial charge is 0.460 e. The van der Waals surface area contributed by atoms with E-state index in [9.17, 15) is 23.3 Å². The maximum Gasteiger partial charge on any atom is 0.325 e. The summed E-state index contributed by atoms with van der Waals surface area (Å²) in [6, 6.07) is 10.1. The van der Waals surface area contributed by atoms with Gasteiger partial charge in [0.15, 0.2) is 0 Å². The topological polar surface area (TPSA) is 128 Å². The Morgan fingerprint density at radius 3 is 2.63 bits per heavy atom. The second kappa shape index (κ2) is 8.80. The fourth-order valence-corrected chi connectivity index (χ4v) is 3.07. The number of nitrogens with zero attached hydrogens (tertiary/aromatic N) is 1. The van der Waals surface area contributed by atoms with E-state index in [1.165, 1.54) is 19.2 Å². The van der Waals surface area contributed by atoms with Crippen molar-refractivity contribution in [3.63, 3.8) is 0 Å². The highest BCUT2D eigenvalue weighted by molar-refractivity contribution is 7.89. The third-order valence-electron chi connectivity index (χ3n) is 3.46. The van der Waals surface area contributed by atoms with E-state index >= 15 is 0 Å². The van der Waals surface area contributed by atoms with Crippen LogP contribution in [0.3, 0.4) is 0 Å². The quantitative estimate of drug-likeness (QED) is 0.386. The van der Waals surface area contributed by atoms with Gasteiger partial charge in [-0.15, -0.1) is 0 Å². The Morgan fingerprint density at radius 1 is 1.26 bits per heavy atom. The molecule has 2 aromatic carbocycles. The number of nitro benzene ring substituents is 1. The summed E-state index contributed by atoms with van der Waals surface area (Å²) in [4.78, 5) is 22.0. The summed E-state index contributed by atoms with van der Waals surface area (Å²) >= 11 is 5.84. The normalized spacial score (nSPS) is 11.0. The molecule has 0 atom stereocenters. The standard InChI is InChI=1S/C16H16ClN3O6S/c1-18-27(24,25)13-5-6-14(15(8-13)20(22)23)19-9-16(21)26-10-11-3-2-4-12(17)7-11/h2-8,18-19H,9-10H2,1H3. The van der Waals surface area contributed by atoms with Crippen molar-refractivity contribution in [1.29, 1.82) is 0 Å². The van der Waals surface area contributed by atoms with Crippen LogP contribution in [0.5, 0.6) is 0 Å². The van der Waals surface area contributed by atoms with Crippen molar-refractivity contribution < 1.29 is 22.9 Å². The van der Waals surface area contributed by atoms with Gasteiger partial charge in [-0.3, -0.25) is 14.9 Å². The van der Waals surface area contributed by atoms with Crippen LogP contribution in [-0.4, -0.2) is 32.9 Å². The molecule has 144 valence electrons. The Bertz CT molecular complexity index is 964. The number of carbonyl (C=O) groups excluding carboxylic acids is 1. The van der Waals surface area contributed by atoms with Gasteiger partial charge in [0.1, 0.15) is 18.8 Å². The number of hydrogen-bond donors (Lipinski definition) is 2. The molecule has 0 aliphatic carbocycles. The molecule has 0 fully saturated rings. The first-order valence-corrected chi connectivity index (χ1v) is 9.45. The summed E-state index contributed by atoms with van der Waals surface area (Å²) in [5, 5.41) is 14.3. The van der Waals surface area contributed by atoms with E-state index in [1.807, 2.05) is 0 Å². The van der Waals surface area contributed by atoms with E-state index in [0.29, 0.717) is 10.6 Å². The van der Waals surface area contributed by atoms with Gasteiger partial charge in [-0.25, -0.2) is 13.1 Å². The van der Waals surface area contributed by atoms with Gasteiger partial charge in [0.05, 0.1) is 9.82 Å². The Balaban J connectivity index is 2.04. The lowest BCUT2D eigenvalue weighted by Gasteiger charge is -2.09. The zero-order valence-corrected chi connectivity index (χ0v) is 15.7. The smallest absolute Gasteiger partial charge is 0.325 e. The van der Waals surface area contributed by atoms with Gasteiger partial charge in [0.25, 0.3) is 5.69 Å². The summed E-state index contributed by atoms with van der Waals surface area (Å²) in [5.41, 5.74) is 0.215. The molecule has 11 heteroatoms. The van der Waals surface area contributed by atoms with Crippen molar-refractivity contribution >= 4 is 39.0 Å². The minimum Gasteiger partial charge on any atom is -0.460 e. The van der Waals surface area contributed by atoms with Crippen molar-refractivity contribution in [1.82, 2.24) is 4.72 Å². The zero-order chi connectivity index (χ0) is 20.0. The fraction of sp³-hybridized carbons (Fsp3) is 0.188. The minimum atomic E-state index is -3.83. The van der Waals surface area contributed by atoms with E-state index in [0.717, 1.165) is 6.07 Å². The van der Waals surface area contributed by atoms with Gasteiger partial charge >= 0.3 is 5.97 Å². The van der Waals surface area contributed by atoms with Crippen LogP contribution >= 0.6 is 11.6 Å². The van der Waals surface area contributed by atoms with Crippen LogP contribution in [-0.2, 0) is 26.2 Å². The molecule has 0 amide bonds. The number of nitrogens with one attached hydrogen (secondary N) is 2. The van der Waals surface area contributed by atoms with Crippen LogP contribution in [0.25, 0.3) is 0 Å². The van der Waals surface area contributed by atoms with Crippen molar-refractivity contribution in [3.8, 4) is 0 Å². The lowest BCUT2D eigenvalue weighted by molar-refractivity contribution is -0.384. The number of halogens is 1. The highest BCUT2D eigenvalue weighted by atomic mass is 35.5. The van der Waals surface area contributed by atoms with E-state index in [2.05, 4.69) is 10.0 Å². The van der Waals surface area contributed by atoms with Crippen LogP contribution < -0.4 is 10.0 Å². The van der Waals surface area contributed by atoms with Gasteiger partial charge in [-0.05, 0) is 36.9 Å².